The number of ether oxygens (including phenoxy) is 1. The predicted molar refractivity (Wildman–Crippen MR) is 152 cm³/mol. The minimum atomic E-state index is -1.07. The second-order valence-electron chi connectivity index (χ2n) is 9.97. The number of piperazine rings is 1. The molecule has 4 rings (SSSR count). The number of nitrogens with zero attached hydrogens (tertiary/aromatic N) is 4. The largest absolute Gasteiger partial charge is 0.465 e. The summed E-state index contributed by atoms with van der Waals surface area (Å²) in [6.45, 7) is 0.288. The minimum Gasteiger partial charge on any atom is -0.465 e. The summed E-state index contributed by atoms with van der Waals surface area (Å²) in [6.07, 6.45) is -0.162. The Morgan fingerprint density at radius 3 is 2.44 bits per heavy atom. The molecule has 3 N–H and O–H groups in total. The lowest BCUT2D eigenvalue weighted by Gasteiger charge is -2.34. The van der Waals surface area contributed by atoms with Crippen LogP contribution >= 0.6 is 0 Å². The van der Waals surface area contributed by atoms with Crippen LogP contribution in [0.5, 0.6) is 0 Å². The summed E-state index contributed by atoms with van der Waals surface area (Å²) in [6, 6.07) is 11.4. The van der Waals surface area contributed by atoms with E-state index in [0.717, 1.165) is 16.8 Å². The van der Waals surface area contributed by atoms with Crippen molar-refractivity contribution in [1.82, 2.24) is 25.0 Å². The van der Waals surface area contributed by atoms with Crippen LogP contribution in [0.4, 0.5) is 29.0 Å². The molecule has 12 nitrogen and oxygen atoms in total. The Kier molecular flexibility index (Phi) is 10.3. The second-order valence-corrected chi connectivity index (χ2v) is 9.97. The number of carbonyl (C=O) groups excluding carboxylic acids is 3. The Balaban J connectivity index is 1.37. The van der Waals surface area contributed by atoms with E-state index in [-0.39, 0.29) is 69.5 Å². The Morgan fingerprint density at radius 2 is 1.72 bits per heavy atom. The number of carboxylic acid groups (broad SMARTS) is 1. The highest BCUT2D eigenvalue weighted by molar-refractivity contribution is 5.89. The van der Waals surface area contributed by atoms with Crippen molar-refractivity contribution in [2.45, 2.75) is 25.4 Å². The molecule has 0 bridgehead atoms. The average molecular weight is 599 g/mol. The Labute approximate surface area is 246 Å². The molecule has 0 spiro atoms. The van der Waals surface area contributed by atoms with Gasteiger partial charge in [0, 0.05) is 63.3 Å². The maximum absolute atomic E-state index is 14.1. The number of likely N-dealkylation sites (N-methyl/N-ethyl adjacent to an activating group) is 1. The maximum Gasteiger partial charge on any atom is 0.412 e. The second kappa shape index (κ2) is 14.2. The molecule has 2 aromatic carbocycles. The third kappa shape index (κ3) is 8.27. The number of carbonyl (C=O) groups is 4. The molecular weight excluding hydrogens is 566 g/mol. The third-order valence-electron chi connectivity index (χ3n) is 7.19. The highest BCUT2D eigenvalue weighted by Gasteiger charge is 2.27. The van der Waals surface area contributed by atoms with Gasteiger partial charge in [0.1, 0.15) is 12.4 Å². The molecule has 0 unspecified atom stereocenters. The lowest BCUT2D eigenvalue weighted by Crippen LogP contribution is -2.50. The van der Waals surface area contributed by atoms with Crippen LogP contribution in [0.3, 0.4) is 0 Å². The van der Waals surface area contributed by atoms with Crippen LogP contribution in [0.25, 0.3) is 10.8 Å². The zero-order valence-corrected chi connectivity index (χ0v) is 23.5. The van der Waals surface area contributed by atoms with Crippen LogP contribution in [-0.4, -0.2) is 94.8 Å². The molecule has 14 heteroatoms. The average Bonchev–Trinajstić information content (AvgIpc) is 3.01. The van der Waals surface area contributed by atoms with Gasteiger partial charge < -0.3 is 29.9 Å². The summed E-state index contributed by atoms with van der Waals surface area (Å²) >= 11 is 0. The van der Waals surface area contributed by atoms with Gasteiger partial charge >= 0.3 is 18.2 Å². The number of fused-ring (bicyclic) bond motifs is 1. The van der Waals surface area contributed by atoms with E-state index in [1.807, 2.05) is 24.3 Å². The van der Waals surface area contributed by atoms with E-state index >= 15 is 0 Å². The molecule has 1 fully saturated rings. The van der Waals surface area contributed by atoms with E-state index in [0.29, 0.717) is 0 Å². The van der Waals surface area contributed by atoms with Gasteiger partial charge in [-0.05, 0) is 23.9 Å². The highest BCUT2D eigenvalue weighted by atomic mass is 19.2. The fourth-order valence-corrected chi connectivity index (χ4v) is 4.59. The zero-order valence-electron chi connectivity index (χ0n) is 23.5. The van der Waals surface area contributed by atoms with E-state index in [1.165, 1.54) is 29.0 Å². The number of pyridine rings is 1. The fourth-order valence-electron chi connectivity index (χ4n) is 4.59. The molecule has 0 radical (unpaired) electrons. The molecule has 43 heavy (non-hydrogen) atoms. The van der Waals surface area contributed by atoms with Gasteiger partial charge in [0.05, 0.1) is 6.04 Å². The van der Waals surface area contributed by atoms with Crippen molar-refractivity contribution >= 4 is 40.7 Å². The van der Waals surface area contributed by atoms with Crippen molar-refractivity contribution in [3.8, 4) is 0 Å². The Hall–Kier alpha value is -5.01. The van der Waals surface area contributed by atoms with Crippen LogP contribution in [0.1, 0.15) is 18.4 Å². The number of aromatic nitrogens is 1. The van der Waals surface area contributed by atoms with Crippen molar-refractivity contribution in [2.24, 2.45) is 0 Å². The first-order chi connectivity index (χ1) is 20.6. The molecule has 1 atom stereocenters. The molecule has 0 saturated carbocycles. The topological polar surface area (TPSA) is 144 Å². The first-order valence-corrected chi connectivity index (χ1v) is 13.6. The summed E-state index contributed by atoms with van der Waals surface area (Å²) in [4.78, 5) is 57.8. The van der Waals surface area contributed by atoms with Crippen LogP contribution in [0, 0.1) is 11.6 Å². The predicted octanol–water partition coefficient (Wildman–Crippen LogP) is 3.87. The van der Waals surface area contributed by atoms with E-state index in [9.17, 15) is 28.0 Å². The molecule has 228 valence electrons. The van der Waals surface area contributed by atoms with E-state index in [2.05, 4.69) is 15.6 Å². The smallest absolute Gasteiger partial charge is 0.412 e. The van der Waals surface area contributed by atoms with Crippen LogP contribution in [0.2, 0.25) is 0 Å². The maximum atomic E-state index is 14.1. The number of rotatable bonds is 9. The summed E-state index contributed by atoms with van der Waals surface area (Å²) in [5, 5.41) is 15.9. The number of anilines is 1. The quantitative estimate of drug-likeness (QED) is 0.339. The molecule has 5 amide bonds. The van der Waals surface area contributed by atoms with E-state index < -0.39 is 35.9 Å². The molecule has 1 saturated heterocycles. The van der Waals surface area contributed by atoms with Crippen molar-refractivity contribution < 1.29 is 37.8 Å². The van der Waals surface area contributed by atoms with Crippen LogP contribution < -0.4 is 10.6 Å². The van der Waals surface area contributed by atoms with Gasteiger partial charge in [-0.1, -0.05) is 36.4 Å². The molecule has 1 aromatic heterocycles. The number of hydrogen-bond donors (Lipinski definition) is 3. The standard InChI is InChI=1S/C29H32F2N6O6/c1-35(27(39)33-17-21-7-4-8-23(30)26(21)31)22(9-10-25(38)36-11-13-37(14-12-36)29(41)42)18-43-28(40)34-24-15-19-5-2-3-6-20(19)16-32-24/h2-8,15-16,22H,9-14,17-18H2,1H3,(H,33,39)(H,41,42)(H,32,34,40)/t22-/m0/s1. The van der Waals surface area contributed by atoms with Crippen molar-refractivity contribution in [2.75, 3.05) is 45.2 Å². The normalized spacial score (nSPS) is 13.7. The molecule has 1 aliphatic rings. The minimum absolute atomic E-state index is 0.00884. The van der Waals surface area contributed by atoms with Crippen molar-refractivity contribution in [3.63, 3.8) is 0 Å². The SMILES string of the molecule is CN(C(=O)NCc1cccc(F)c1F)[C@@H](CCC(=O)N1CCN(C(=O)O)CC1)COC(=O)Nc1cc2ccccc2cn1. The fraction of sp³-hybridized carbons (Fsp3) is 0.345. The Morgan fingerprint density at radius 1 is 1.02 bits per heavy atom. The lowest BCUT2D eigenvalue weighted by molar-refractivity contribution is -0.133. The highest BCUT2D eigenvalue weighted by Crippen LogP contribution is 2.17. The van der Waals surface area contributed by atoms with Crippen molar-refractivity contribution in [3.05, 3.63) is 71.9 Å². The molecule has 3 aromatic rings. The number of benzene rings is 2. The first-order valence-electron chi connectivity index (χ1n) is 13.6. The lowest BCUT2D eigenvalue weighted by atomic mass is 10.1. The van der Waals surface area contributed by atoms with Gasteiger partial charge in [0.25, 0.3) is 0 Å². The van der Waals surface area contributed by atoms with E-state index in [1.54, 1.807) is 17.2 Å². The van der Waals surface area contributed by atoms with Gasteiger partial charge in [-0.3, -0.25) is 10.1 Å². The van der Waals surface area contributed by atoms with E-state index in [4.69, 9.17) is 9.84 Å². The zero-order chi connectivity index (χ0) is 30.9. The monoisotopic (exact) mass is 598 g/mol. The summed E-state index contributed by atoms with van der Waals surface area (Å²) in [7, 11) is 1.43. The molecule has 2 heterocycles. The Bertz CT molecular complexity index is 1480. The molecule has 0 aliphatic carbocycles. The van der Waals surface area contributed by atoms with Crippen molar-refractivity contribution in [1.29, 1.82) is 0 Å². The van der Waals surface area contributed by atoms with Crippen LogP contribution in [0.15, 0.2) is 54.7 Å². The van der Waals surface area contributed by atoms with Gasteiger partial charge in [0.2, 0.25) is 5.91 Å². The molecule has 1 aliphatic heterocycles. The number of urea groups is 1. The molecular formula is C29H32F2N6O6. The van der Waals surface area contributed by atoms with Gasteiger partial charge in [-0.15, -0.1) is 0 Å². The van der Waals surface area contributed by atoms with Gasteiger partial charge in [0.15, 0.2) is 11.6 Å². The third-order valence-corrected chi connectivity index (χ3v) is 7.19. The summed E-state index contributed by atoms with van der Waals surface area (Å²) < 4.78 is 33.0. The van der Waals surface area contributed by atoms with Crippen LogP contribution in [-0.2, 0) is 16.1 Å². The number of hydrogen-bond acceptors (Lipinski definition) is 6. The number of nitrogens with one attached hydrogen (secondary N) is 2. The number of amides is 5. The van der Waals surface area contributed by atoms with Gasteiger partial charge in [-0.2, -0.15) is 0 Å². The first kappa shape index (κ1) is 30.9. The van der Waals surface area contributed by atoms with Gasteiger partial charge in [-0.25, -0.2) is 28.1 Å². The number of halogens is 2. The summed E-state index contributed by atoms with van der Waals surface area (Å²) in [5.74, 6) is -2.09. The summed E-state index contributed by atoms with van der Waals surface area (Å²) in [5.41, 5.74) is -0.0486.